The van der Waals surface area contributed by atoms with E-state index in [1.807, 2.05) is 13.8 Å². The lowest BCUT2D eigenvalue weighted by Gasteiger charge is -2.25. The smallest absolute Gasteiger partial charge is 0.266 e. The molecule has 96 valence electrons. The van der Waals surface area contributed by atoms with Crippen LogP contribution in [-0.4, -0.2) is 36.4 Å². The van der Waals surface area contributed by atoms with Crippen molar-refractivity contribution in [1.29, 1.82) is 0 Å². The fourth-order valence-electron chi connectivity index (χ4n) is 1.86. The van der Waals surface area contributed by atoms with E-state index in [-0.39, 0.29) is 0 Å². The third kappa shape index (κ3) is 2.42. The van der Waals surface area contributed by atoms with Gasteiger partial charge < -0.3 is 19.9 Å². The second kappa shape index (κ2) is 5.01. The van der Waals surface area contributed by atoms with Gasteiger partial charge in [-0.25, -0.2) is 0 Å². The standard InChI is InChI=1S/C11H20N4O2/c1-3-11(12,4-2)9-13-10(14-17-9)15-5-7-16-8-6-15/h3-8,12H2,1-2H3. The van der Waals surface area contributed by atoms with E-state index in [1.54, 1.807) is 0 Å². The molecule has 0 aromatic carbocycles. The molecule has 0 unspecified atom stereocenters. The molecule has 0 radical (unpaired) electrons. The molecule has 1 aliphatic heterocycles. The fraction of sp³-hybridized carbons (Fsp3) is 0.818. The Bertz CT molecular complexity index is 356. The Kier molecular flexibility index (Phi) is 3.63. The van der Waals surface area contributed by atoms with E-state index in [0.717, 1.165) is 25.9 Å². The Morgan fingerprint density at radius 3 is 2.53 bits per heavy atom. The van der Waals surface area contributed by atoms with Crippen LogP contribution in [0.1, 0.15) is 32.6 Å². The molecule has 2 rings (SSSR count). The number of ether oxygens (including phenoxy) is 1. The molecule has 2 heterocycles. The predicted molar refractivity (Wildman–Crippen MR) is 63.8 cm³/mol. The first-order valence-corrected chi connectivity index (χ1v) is 6.15. The average Bonchev–Trinajstić information content (AvgIpc) is 2.89. The number of aromatic nitrogens is 2. The third-order valence-electron chi connectivity index (χ3n) is 3.40. The summed E-state index contributed by atoms with van der Waals surface area (Å²) in [5.41, 5.74) is 5.72. The van der Waals surface area contributed by atoms with Crippen molar-refractivity contribution in [3.63, 3.8) is 0 Å². The van der Waals surface area contributed by atoms with E-state index in [4.69, 9.17) is 15.0 Å². The van der Waals surface area contributed by atoms with Gasteiger partial charge in [-0.3, -0.25) is 0 Å². The first kappa shape index (κ1) is 12.3. The second-order valence-corrected chi connectivity index (χ2v) is 4.36. The number of hydrogen-bond acceptors (Lipinski definition) is 6. The van der Waals surface area contributed by atoms with Gasteiger partial charge in [0.15, 0.2) is 0 Å². The van der Waals surface area contributed by atoms with Crippen LogP contribution in [0.3, 0.4) is 0 Å². The van der Waals surface area contributed by atoms with Gasteiger partial charge in [-0.05, 0) is 18.0 Å². The molecule has 0 aliphatic carbocycles. The summed E-state index contributed by atoms with van der Waals surface area (Å²) in [5.74, 6) is 1.16. The molecule has 0 atom stereocenters. The minimum atomic E-state index is -0.502. The Balaban J connectivity index is 2.14. The van der Waals surface area contributed by atoms with Crippen molar-refractivity contribution < 1.29 is 9.26 Å². The van der Waals surface area contributed by atoms with Gasteiger partial charge in [0, 0.05) is 13.1 Å². The van der Waals surface area contributed by atoms with Crippen LogP contribution in [0.5, 0.6) is 0 Å². The number of nitrogens with zero attached hydrogens (tertiary/aromatic N) is 3. The summed E-state index contributed by atoms with van der Waals surface area (Å²) in [6.45, 7) is 7.08. The normalized spacial score (nSPS) is 17.5. The van der Waals surface area contributed by atoms with E-state index in [9.17, 15) is 0 Å². The van der Waals surface area contributed by atoms with Gasteiger partial charge in [-0.2, -0.15) is 4.98 Å². The highest BCUT2D eigenvalue weighted by molar-refractivity contribution is 5.29. The summed E-state index contributed by atoms with van der Waals surface area (Å²) in [7, 11) is 0. The predicted octanol–water partition coefficient (Wildman–Crippen LogP) is 0.880. The lowest BCUT2D eigenvalue weighted by Crippen LogP contribution is -2.38. The molecule has 6 heteroatoms. The third-order valence-corrected chi connectivity index (χ3v) is 3.40. The van der Waals surface area contributed by atoms with Crippen LogP contribution in [-0.2, 0) is 10.3 Å². The van der Waals surface area contributed by atoms with E-state index in [2.05, 4.69) is 15.0 Å². The monoisotopic (exact) mass is 240 g/mol. The minimum Gasteiger partial charge on any atom is -0.378 e. The van der Waals surface area contributed by atoms with Crippen molar-refractivity contribution in [3.8, 4) is 0 Å². The lowest BCUT2D eigenvalue weighted by molar-refractivity contribution is 0.121. The number of morpholine rings is 1. The van der Waals surface area contributed by atoms with E-state index in [0.29, 0.717) is 25.1 Å². The van der Waals surface area contributed by atoms with Gasteiger partial charge in [-0.1, -0.05) is 13.8 Å². The summed E-state index contributed by atoms with van der Waals surface area (Å²) in [4.78, 5) is 6.47. The Labute approximate surface area is 101 Å². The summed E-state index contributed by atoms with van der Waals surface area (Å²) in [5, 5.41) is 4.01. The second-order valence-electron chi connectivity index (χ2n) is 4.36. The van der Waals surface area contributed by atoms with Crippen molar-refractivity contribution >= 4 is 5.95 Å². The number of nitrogens with two attached hydrogens (primary N) is 1. The number of hydrogen-bond donors (Lipinski definition) is 1. The quantitative estimate of drug-likeness (QED) is 0.841. The van der Waals surface area contributed by atoms with Crippen LogP contribution in [0.4, 0.5) is 5.95 Å². The molecular weight excluding hydrogens is 220 g/mol. The summed E-state index contributed by atoms with van der Waals surface area (Å²) < 4.78 is 10.6. The highest BCUT2D eigenvalue weighted by Gasteiger charge is 2.31. The van der Waals surface area contributed by atoms with Crippen LogP contribution < -0.4 is 10.6 Å². The van der Waals surface area contributed by atoms with E-state index in [1.165, 1.54) is 0 Å². The average molecular weight is 240 g/mol. The van der Waals surface area contributed by atoms with Crippen LogP contribution in [0.2, 0.25) is 0 Å². The topological polar surface area (TPSA) is 77.4 Å². The highest BCUT2D eigenvalue weighted by atomic mass is 16.5. The van der Waals surface area contributed by atoms with Crippen molar-refractivity contribution in [2.45, 2.75) is 32.2 Å². The van der Waals surface area contributed by atoms with Crippen molar-refractivity contribution in [3.05, 3.63) is 5.89 Å². The molecule has 0 spiro atoms. The van der Waals surface area contributed by atoms with Gasteiger partial charge in [0.2, 0.25) is 5.89 Å². The molecule has 1 fully saturated rings. The fourth-order valence-corrected chi connectivity index (χ4v) is 1.86. The molecule has 1 aromatic heterocycles. The Morgan fingerprint density at radius 2 is 1.94 bits per heavy atom. The van der Waals surface area contributed by atoms with Gasteiger partial charge in [-0.15, -0.1) is 0 Å². The van der Waals surface area contributed by atoms with Crippen LogP contribution >= 0.6 is 0 Å². The number of rotatable bonds is 4. The molecule has 1 saturated heterocycles. The summed E-state index contributed by atoms with van der Waals surface area (Å²) in [6, 6.07) is 0. The summed E-state index contributed by atoms with van der Waals surface area (Å²) >= 11 is 0. The Hall–Kier alpha value is -1.14. The zero-order valence-electron chi connectivity index (χ0n) is 10.5. The molecule has 1 aliphatic rings. The minimum absolute atomic E-state index is 0.502. The molecule has 0 bridgehead atoms. The molecule has 17 heavy (non-hydrogen) atoms. The molecule has 1 aromatic rings. The van der Waals surface area contributed by atoms with Gasteiger partial charge in [0.25, 0.3) is 5.95 Å². The maximum Gasteiger partial charge on any atom is 0.266 e. The lowest BCUT2D eigenvalue weighted by atomic mass is 9.94. The van der Waals surface area contributed by atoms with Crippen LogP contribution in [0, 0.1) is 0 Å². The van der Waals surface area contributed by atoms with Crippen molar-refractivity contribution in [2.75, 3.05) is 31.2 Å². The highest BCUT2D eigenvalue weighted by Crippen LogP contribution is 2.25. The van der Waals surface area contributed by atoms with Gasteiger partial charge >= 0.3 is 0 Å². The zero-order chi connectivity index (χ0) is 12.3. The molecule has 2 N–H and O–H groups in total. The van der Waals surface area contributed by atoms with Crippen LogP contribution in [0.15, 0.2) is 4.52 Å². The summed E-state index contributed by atoms with van der Waals surface area (Å²) in [6.07, 6.45) is 1.57. The first-order chi connectivity index (χ1) is 8.19. The molecule has 0 amide bonds. The first-order valence-electron chi connectivity index (χ1n) is 6.15. The molecule has 0 saturated carbocycles. The van der Waals surface area contributed by atoms with Crippen molar-refractivity contribution in [1.82, 2.24) is 10.1 Å². The molecule has 6 nitrogen and oxygen atoms in total. The molecular formula is C11H20N4O2. The Morgan fingerprint density at radius 1 is 1.29 bits per heavy atom. The maximum atomic E-state index is 6.22. The van der Waals surface area contributed by atoms with Gasteiger partial charge in [0.1, 0.15) is 0 Å². The van der Waals surface area contributed by atoms with Crippen LogP contribution in [0.25, 0.3) is 0 Å². The zero-order valence-corrected chi connectivity index (χ0v) is 10.5. The largest absolute Gasteiger partial charge is 0.378 e. The maximum absolute atomic E-state index is 6.22. The van der Waals surface area contributed by atoms with Crippen molar-refractivity contribution in [2.24, 2.45) is 5.73 Å². The van der Waals surface area contributed by atoms with E-state index < -0.39 is 5.54 Å². The number of anilines is 1. The van der Waals surface area contributed by atoms with E-state index >= 15 is 0 Å². The SMILES string of the molecule is CCC(N)(CC)c1nc(N2CCOCC2)no1. The van der Waals surface area contributed by atoms with Gasteiger partial charge in [0.05, 0.1) is 18.8 Å².